The van der Waals surface area contributed by atoms with E-state index in [1.54, 1.807) is 12.4 Å². The Hall–Kier alpha value is -2.03. The number of hydrogen-bond acceptors (Lipinski definition) is 3. The van der Waals surface area contributed by atoms with Gasteiger partial charge in [-0.25, -0.2) is 0 Å². The van der Waals surface area contributed by atoms with Crippen LogP contribution in [0.5, 0.6) is 0 Å². The lowest BCUT2D eigenvalue weighted by Gasteiger charge is -2.06. The number of pyridine rings is 1. The van der Waals surface area contributed by atoms with Crippen molar-refractivity contribution in [2.75, 3.05) is 17.7 Å². The second kappa shape index (κ2) is 4.46. The van der Waals surface area contributed by atoms with Gasteiger partial charge in [-0.1, -0.05) is 0 Å². The predicted molar refractivity (Wildman–Crippen MR) is 63.5 cm³/mol. The van der Waals surface area contributed by atoms with Gasteiger partial charge in [0.05, 0.1) is 0 Å². The summed E-state index contributed by atoms with van der Waals surface area (Å²) in [6.07, 6.45) is 3.54. The van der Waals surface area contributed by atoms with Gasteiger partial charge < -0.3 is 10.6 Å². The number of nitrogens with zero attached hydrogens (tertiary/aromatic N) is 1. The summed E-state index contributed by atoms with van der Waals surface area (Å²) in [7, 11) is 1.91. The van der Waals surface area contributed by atoms with E-state index in [9.17, 15) is 0 Å². The van der Waals surface area contributed by atoms with Gasteiger partial charge in [-0.2, -0.15) is 0 Å². The second-order valence-corrected chi connectivity index (χ2v) is 3.19. The van der Waals surface area contributed by atoms with Gasteiger partial charge in [0.15, 0.2) is 0 Å². The zero-order chi connectivity index (χ0) is 10.5. The number of anilines is 3. The van der Waals surface area contributed by atoms with Gasteiger partial charge in [-0.15, -0.1) is 0 Å². The maximum Gasteiger partial charge on any atom is 0.0415 e. The molecule has 0 bridgehead atoms. The molecule has 0 aliphatic carbocycles. The molecule has 15 heavy (non-hydrogen) atoms. The quantitative estimate of drug-likeness (QED) is 0.798. The fraction of sp³-hybridized carbons (Fsp3) is 0.0833. The molecule has 0 saturated heterocycles. The largest absolute Gasteiger partial charge is 0.388 e. The highest BCUT2D eigenvalue weighted by molar-refractivity contribution is 5.61. The van der Waals surface area contributed by atoms with Crippen LogP contribution in [0.1, 0.15) is 0 Å². The molecule has 0 amide bonds. The van der Waals surface area contributed by atoms with Crippen LogP contribution in [-0.2, 0) is 0 Å². The van der Waals surface area contributed by atoms with Crippen molar-refractivity contribution in [1.29, 1.82) is 0 Å². The predicted octanol–water partition coefficient (Wildman–Crippen LogP) is 2.87. The average Bonchev–Trinajstić information content (AvgIpc) is 2.31. The summed E-state index contributed by atoms with van der Waals surface area (Å²) in [5, 5.41) is 6.37. The summed E-state index contributed by atoms with van der Waals surface area (Å²) < 4.78 is 0. The van der Waals surface area contributed by atoms with Crippen molar-refractivity contribution in [3.8, 4) is 0 Å². The van der Waals surface area contributed by atoms with Crippen LogP contribution in [-0.4, -0.2) is 12.0 Å². The summed E-state index contributed by atoms with van der Waals surface area (Å²) in [5.41, 5.74) is 3.22. The third kappa shape index (κ3) is 2.47. The SMILES string of the molecule is CNc1ccc(Nc2ccncc2)cc1. The van der Waals surface area contributed by atoms with E-state index in [0.717, 1.165) is 17.1 Å². The molecule has 0 saturated carbocycles. The molecule has 1 aromatic heterocycles. The summed E-state index contributed by atoms with van der Waals surface area (Å²) >= 11 is 0. The molecule has 0 aliphatic heterocycles. The van der Waals surface area contributed by atoms with E-state index in [1.165, 1.54) is 0 Å². The van der Waals surface area contributed by atoms with E-state index in [0.29, 0.717) is 0 Å². The smallest absolute Gasteiger partial charge is 0.0415 e. The molecule has 3 nitrogen and oxygen atoms in total. The van der Waals surface area contributed by atoms with Gasteiger partial charge >= 0.3 is 0 Å². The molecule has 0 unspecified atom stereocenters. The van der Waals surface area contributed by atoms with E-state index in [4.69, 9.17) is 0 Å². The first-order valence-corrected chi connectivity index (χ1v) is 4.83. The third-order valence-corrected chi connectivity index (χ3v) is 2.14. The molecule has 1 heterocycles. The summed E-state index contributed by atoms with van der Waals surface area (Å²) in [4.78, 5) is 3.96. The molecule has 3 heteroatoms. The monoisotopic (exact) mass is 199 g/mol. The maximum atomic E-state index is 3.96. The zero-order valence-corrected chi connectivity index (χ0v) is 8.57. The van der Waals surface area contributed by atoms with Gasteiger partial charge in [0.1, 0.15) is 0 Å². The number of hydrogen-bond donors (Lipinski definition) is 2. The Morgan fingerprint density at radius 2 is 1.33 bits per heavy atom. The Morgan fingerprint density at radius 1 is 0.800 bits per heavy atom. The fourth-order valence-electron chi connectivity index (χ4n) is 1.32. The van der Waals surface area contributed by atoms with Crippen LogP contribution in [0.25, 0.3) is 0 Å². The molecule has 0 aliphatic rings. The van der Waals surface area contributed by atoms with E-state index in [-0.39, 0.29) is 0 Å². The molecule has 0 fully saturated rings. The van der Waals surface area contributed by atoms with Crippen LogP contribution in [0.2, 0.25) is 0 Å². The van der Waals surface area contributed by atoms with Gasteiger partial charge in [0, 0.05) is 36.5 Å². The first kappa shape index (κ1) is 9.52. The molecule has 76 valence electrons. The minimum Gasteiger partial charge on any atom is -0.388 e. The first-order valence-electron chi connectivity index (χ1n) is 4.83. The van der Waals surface area contributed by atoms with Crippen molar-refractivity contribution in [3.63, 3.8) is 0 Å². The number of aromatic nitrogens is 1. The molecular weight excluding hydrogens is 186 g/mol. The number of nitrogens with one attached hydrogen (secondary N) is 2. The lowest BCUT2D eigenvalue weighted by Crippen LogP contribution is -1.91. The summed E-state index contributed by atoms with van der Waals surface area (Å²) in [6, 6.07) is 12.0. The number of benzene rings is 1. The summed E-state index contributed by atoms with van der Waals surface area (Å²) in [6.45, 7) is 0. The van der Waals surface area contributed by atoms with Gasteiger partial charge in [-0.05, 0) is 36.4 Å². The minimum absolute atomic E-state index is 1.04. The average molecular weight is 199 g/mol. The lowest BCUT2D eigenvalue weighted by molar-refractivity contribution is 1.32. The molecule has 0 atom stereocenters. The van der Waals surface area contributed by atoms with Gasteiger partial charge in [-0.3, -0.25) is 4.98 Å². The van der Waals surface area contributed by atoms with Crippen molar-refractivity contribution in [3.05, 3.63) is 48.8 Å². The third-order valence-electron chi connectivity index (χ3n) is 2.14. The van der Waals surface area contributed by atoms with E-state index >= 15 is 0 Å². The summed E-state index contributed by atoms with van der Waals surface area (Å²) in [5.74, 6) is 0. The molecule has 0 spiro atoms. The van der Waals surface area contributed by atoms with Crippen LogP contribution in [0.3, 0.4) is 0 Å². The van der Waals surface area contributed by atoms with Crippen LogP contribution in [0.4, 0.5) is 17.1 Å². The maximum absolute atomic E-state index is 3.96. The first-order chi connectivity index (χ1) is 7.38. The van der Waals surface area contributed by atoms with Crippen molar-refractivity contribution in [2.24, 2.45) is 0 Å². The zero-order valence-electron chi connectivity index (χ0n) is 8.57. The van der Waals surface area contributed by atoms with Crippen LogP contribution in [0.15, 0.2) is 48.8 Å². The highest BCUT2D eigenvalue weighted by Crippen LogP contribution is 2.17. The number of rotatable bonds is 3. The van der Waals surface area contributed by atoms with E-state index < -0.39 is 0 Å². The molecule has 2 rings (SSSR count). The van der Waals surface area contributed by atoms with Gasteiger partial charge in [0.2, 0.25) is 0 Å². The van der Waals surface area contributed by atoms with E-state index in [1.807, 2.05) is 43.4 Å². The van der Waals surface area contributed by atoms with Crippen molar-refractivity contribution in [1.82, 2.24) is 4.98 Å². The molecule has 0 radical (unpaired) electrons. The highest BCUT2D eigenvalue weighted by Gasteiger charge is 1.93. The Bertz CT molecular complexity index is 409. The van der Waals surface area contributed by atoms with Crippen LogP contribution >= 0.6 is 0 Å². The normalized spacial score (nSPS) is 9.67. The second-order valence-electron chi connectivity index (χ2n) is 3.19. The lowest BCUT2D eigenvalue weighted by atomic mass is 10.2. The fourth-order valence-corrected chi connectivity index (χ4v) is 1.32. The standard InChI is InChI=1S/C12H13N3/c1-13-10-2-4-11(5-3-10)15-12-6-8-14-9-7-12/h2-9,13H,1H3,(H,14,15). The Labute approximate surface area is 89.2 Å². The highest BCUT2D eigenvalue weighted by atomic mass is 14.9. The Kier molecular flexibility index (Phi) is 2.83. The van der Waals surface area contributed by atoms with Crippen LogP contribution in [0, 0.1) is 0 Å². The molecule has 2 N–H and O–H groups in total. The van der Waals surface area contributed by atoms with Gasteiger partial charge in [0.25, 0.3) is 0 Å². The van der Waals surface area contributed by atoms with Crippen molar-refractivity contribution >= 4 is 17.1 Å². The molecule has 2 aromatic rings. The van der Waals surface area contributed by atoms with Crippen molar-refractivity contribution < 1.29 is 0 Å². The topological polar surface area (TPSA) is 37.0 Å². The Balaban J connectivity index is 2.11. The molecular formula is C12H13N3. The molecule has 1 aromatic carbocycles. The minimum atomic E-state index is 1.04. The van der Waals surface area contributed by atoms with E-state index in [2.05, 4.69) is 15.6 Å². The van der Waals surface area contributed by atoms with Crippen molar-refractivity contribution in [2.45, 2.75) is 0 Å². The van der Waals surface area contributed by atoms with Crippen LogP contribution < -0.4 is 10.6 Å². The Morgan fingerprint density at radius 3 is 1.93 bits per heavy atom.